The predicted octanol–water partition coefficient (Wildman–Crippen LogP) is 9.72. The Balaban J connectivity index is 4.23. The second-order valence-electron chi connectivity index (χ2n) is 12.5. The third-order valence-corrected chi connectivity index (χ3v) is 8.35. The van der Waals surface area contributed by atoms with Crippen molar-refractivity contribution < 1.29 is 29.3 Å². The molecule has 0 rings (SSSR count). The van der Waals surface area contributed by atoms with Gasteiger partial charge in [0.2, 0.25) is 0 Å². The fraction of sp³-hybridized carbons (Fsp3) is 0.865. The SMILES string of the molecule is CCCCCCCC/C=C\CCCCCCC(C(=O)CCCCCCCCCCCCCCC)C(=O)OC(=O)C(O)CO. The molecule has 0 amide bonds. The van der Waals surface area contributed by atoms with Gasteiger partial charge in [-0.2, -0.15) is 0 Å². The molecule has 6 heteroatoms. The van der Waals surface area contributed by atoms with Crippen LogP contribution in [-0.4, -0.2) is 40.6 Å². The molecule has 0 aromatic rings. The van der Waals surface area contributed by atoms with Crippen molar-refractivity contribution in [1.29, 1.82) is 0 Å². The molecule has 0 spiro atoms. The summed E-state index contributed by atoms with van der Waals surface area (Å²) >= 11 is 0. The summed E-state index contributed by atoms with van der Waals surface area (Å²) in [7, 11) is 0. The van der Waals surface area contributed by atoms with Gasteiger partial charge < -0.3 is 14.9 Å². The number of unbranched alkanes of at least 4 members (excludes halogenated alkanes) is 22. The van der Waals surface area contributed by atoms with Gasteiger partial charge in [-0.05, 0) is 38.5 Å². The molecular weight excluding hydrogens is 540 g/mol. The van der Waals surface area contributed by atoms with Crippen LogP contribution in [0.25, 0.3) is 0 Å². The summed E-state index contributed by atoms with van der Waals surface area (Å²) in [5.41, 5.74) is 0. The van der Waals surface area contributed by atoms with Crippen LogP contribution >= 0.6 is 0 Å². The molecule has 2 atom stereocenters. The number of hydrogen-bond acceptors (Lipinski definition) is 6. The second-order valence-corrected chi connectivity index (χ2v) is 12.5. The van der Waals surface area contributed by atoms with E-state index in [4.69, 9.17) is 9.84 Å². The number of ketones is 1. The maximum absolute atomic E-state index is 12.9. The molecule has 0 heterocycles. The van der Waals surface area contributed by atoms with Gasteiger partial charge in [0.1, 0.15) is 11.7 Å². The topological polar surface area (TPSA) is 101 Å². The maximum Gasteiger partial charge on any atom is 0.345 e. The molecule has 43 heavy (non-hydrogen) atoms. The van der Waals surface area contributed by atoms with Gasteiger partial charge >= 0.3 is 11.9 Å². The zero-order chi connectivity index (χ0) is 31.8. The van der Waals surface area contributed by atoms with Crippen LogP contribution in [0.15, 0.2) is 12.2 Å². The van der Waals surface area contributed by atoms with E-state index in [-0.39, 0.29) is 5.78 Å². The Bertz CT molecular complexity index is 689. The zero-order valence-corrected chi connectivity index (χ0v) is 28.1. The molecule has 0 aliphatic heterocycles. The van der Waals surface area contributed by atoms with Crippen molar-refractivity contribution in [3.63, 3.8) is 0 Å². The summed E-state index contributed by atoms with van der Waals surface area (Å²) in [5, 5.41) is 18.4. The molecule has 0 aliphatic carbocycles. The number of aliphatic hydroxyl groups is 2. The summed E-state index contributed by atoms with van der Waals surface area (Å²) in [6.45, 7) is 3.67. The molecule has 2 unspecified atom stereocenters. The number of carbonyl (C=O) groups is 3. The second kappa shape index (κ2) is 31.9. The molecule has 252 valence electrons. The summed E-state index contributed by atoms with van der Waals surface area (Å²) < 4.78 is 4.76. The number of ether oxygens (including phenoxy) is 1. The van der Waals surface area contributed by atoms with Crippen LogP contribution in [0.5, 0.6) is 0 Å². The highest BCUT2D eigenvalue weighted by Crippen LogP contribution is 2.19. The van der Waals surface area contributed by atoms with Gasteiger partial charge in [0.15, 0.2) is 6.10 Å². The minimum absolute atomic E-state index is 0.183. The molecule has 2 N–H and O–H groups in total. The molecule has 0 saturated heterocycles. The van der Waals surface area contributed by atoms with Crippen molar-refractivity contribution in [3.8, 4) is 0 Å². The Kier molecular flexibility index (Phi) is 30.7. The molecule has 0 aromatic carbocycles. The van der Waals surface area contributed by atoms with Crippen LogP contribution in [0.1, 0.15) is 187 Å². The number of aliphatic hydroxyl groups excluding tert-OH is 2. The van der Waals surface area contributed by atoms with Gasteiger partial charge in [0.05, 0.1) is 6.61 Å². The van der Waals surface area contributed by atoms with Crippen LogP contribution in [0, 0.1) is 5.92 Å². The first kappa shape index (κ1) is 41.5. The van der Waals surface area contributed by atoms with Crippen molar-refractivity contribution in [2.75, 3.05) is 6.61 Å². The molecule has 0 aliphatic rings. The summed E-state index contributed by atoms with van der Waals surface area (Å²) in [5.74, 6) is -3.25. The van der Waals surface area contributed by atoms with Crippen LogP contribution in [0.4, 0.5) is 0 Å². The minimum atomic E-state index is -1.77. The molecule has 6 nitrogen and oxygen atoms in total. The summed E-state index contributed by atoms with van der Waals surface area (Å²) in [6.07, 6.45) is 33.1. The summed E-state index contributed by atoms with van der Waals surface area (Å²) in [4.78, 5) is 37.4. The molecule has 0 aromatic heterocycles. The Hall–Kier alpha value is -1.53. The van der Waals surface area contributed by atoms with Gasteiger partial charge in [-0.1, -0.05) is 154 Å². The average Bonchev–Trinajstić information content (AvgIpc) is 3.00. The maximum atomic E-state index is 12.9. The fourth-order valence-electron chi connectivity index (χ4n) is 5.46. The average molecular weight is 609 g/mol. The molecule has 0 fully saturated rings. The highest BCUT2D eigenvalue weighted by molar-refractivity contribution is 6.02. The zero-order valence-electron chi connectivity index (χ0n) is 28.1. The van der Waals surface area contributed by atoms with Gasteiger partial charge in [-0.25, -0.2) is 4.79 Å². The fourth-order valence-corrected chi connectivity index (χ4v) is 5.46. The minimum Gasteiger partial charge on any atom is -0.393 e. The first-order valence-electron chi connectivity index (χ1n) is 18.2. The Morgan fingerprint density at radius 3 is 1.40 bits per heavy atom. The molecule has 0 radical (unpaired) electrons. The van der Waals surface area contributed by atoms with E-state index in [2.05, 4.69) is 26.0 Å². The lowest BCUT2D eigenvalue weighted by atomic mass is 9.93. The van der Waals surface area contributed by atoms with Gasteiger partial charge in [0, 0.05) is 6.42 Å². The van der Waals surface area contributed by atoms with Crippen LogP contribution in [0.3, 0.4) is 0 Å². The van der Waals surface area contributed by atoms with Crippen molar-refractivity contribution in [3.05, 3.63) is 12.2 Å². The van der Waals surface area contributed by atoms with Gasteiger partial charge in [-0.15, -0.1) is 0 Å². The van der Waals surface area contributed by atoms with Crippen molar-refractivity contribution in [2.24, 2.45) is 5.92 Å². The lowest BCUT2D eigenvalue weighted by Crippen LogP contribution is -2.34. The van der Waals surface area contributed by atoms with Crippen LogP contribution in [0.2, 0.25) is 0 Å². The number of allylic oxidation sites excluding steroid dienone is 2. The third-order valence-electron chi connectivity index (χ3n) is 8.35. The first-order chi connectivity index (χ1) is 21.0. The van der Waals surface area contributed by atoms with E-state index in [0.717, 1.165) is 51.4 Å². The predicted molar refractivity (Wildman–Crippen MR) is 178 cm³/mol. The quantitative estimate of drug-likeness (QED) is 0.0341. The number of carbonyl (C=O) groups excluding carboxylic acids is 3. The normalized spacial score (nSPS) is 12.9. The highest BCUT2D eigenvalue weighted by atomic mass is 16.6. The van der Waals surface area contributed by atoms with E-state index in [1.807, 2.05) is 0 Å². The largest absolute Gasteiger partial charge is 0.393 e. The lowest BCUT2D eigenvalue weighted by Gasteiger charge is -2.15. The van der Waals surface area contributed by atoms with E-state index in [0.29, 0.717) is 19.3 Å². The van der Waals surface area contributed by atoms with Gasteiger partial charge in [-0.3, -0.25) is 9.59 Å². The Labute approximate surface area is 264 Å². The standard InChI is InChI=1S/C37H68O6/c1-3-5-7-9-11-13-15-17-19-20-22-24-26-28-30-33(36(41)43-37(42)35(40)32-38)34(39)31-29-27-25-23-21-18-16-14-12-10-8-6-4-2/h17,19,33,35,38,40H,3-16,18,20-32H2,1-2H3/b19-17-. The third kappa shape index (κ3) is 26.6. The van der Waals surface area contributed by atoms with Crippen LogP contribution < -0.4 is 0 Å². The monoisotopic (exact) mass is 609 g/mol. The van der Waals surface area contributed by atoms with E-state index in [1.165, 1.54) is 103 Å². The van der Waals surface area contributed by atoms with Crippen molar-refractivity contribution in [1.82, 2.24) is 0 Å². The van der Waals surface area contributed by atoms with Crippen LogP contribution in [-0.2, 0) is 19.1 Å². The van der Waals surface area contributed by atoms with E-state index in [9.17, 15) is 19.5 Å². The van der Waals surface area contributed by atoms with Gasteiger partial charge in [0.25, 0.3) is 0 Å². The number of hydrogen-bond donors (Lipinski definition) is 2. The highest BCUT2D eigenvalue weighted by Gasteiger charge is 2.30. The van der Waals surface area contributed by atoms with E-state index < -0.39 is 30.6 Å². The number of Topliss-reactive ketones (excluding diaryl/α,β-unsaturated/α-hetero) is 1. The lowest BCUT2D eigenvalue weighted by molar-refractivity contribution is -0.170. The van der Waals surface area contributed by atoms with E-state index in [1.54, 1.807) is 0 Å². The molecule has 0 saturated carbocycles. The molecular formula is C37H68O6. The molecule has 0 bridgehead atoms. The van der Waals surface area contributed by atoms with Crippen molar-refractivity contribution in [2.45, 2.75) is 193 Å². The Morgan fingerprint density at radius 1 is 0.558 bits per heavy atom. The number of rotatable bonds is 32. The number of esters is 2. The first-order valence-corrected chi connectivity index (χ1v) is 18.2. The smallest absolute Gasteiger partial charge is 0.345 e. The van der Waals surface area contributed by atoms with Crippen molar-refractivity contribution >= 4 is 17.7 Å². The van der Waals surface area contributed by atoms with E-state index >= 15 is 0 Å². The summed E-state index contributed by atoms with van der Waals surface area (Å²) in [6, 6.07) is 0. The Morgan fingerprint density at radius 2 is 0.953 bits per heavy atom.